The maximum absolute atomic E-state index is 12.2. The van der Waals surface area contributed by atoms with Crippen molar-refractivity contribution in [1.29, 1.82) is 0 Å². The predicted octanol–water partition coefficient (Wildman–Crippen LogP) is 2.07. The minimum absolute atomic E-state index is 0.745. The molecule has 0 atom stereocenters. The number of alkyl halides is 4. The Balaban J connectivity index is 3.70. The van der Waals surface area contributed by atoms with Gasteiger partial charge in [0.15, 0.2) is 4.84 Å². The molecule has 5 heteroatoms. The highest BCUT2D eigenvalue weighted by atomic mass is 35.5. The van der Waals surface area contributed by atoms with E-state index in [0.717, 1.165) is 7.11 Å². The first-order valence-electron chi connectivity index (χ1n) is 2.15. The van der Waals surface area contributed by atoms with Gasteiger partial charge in [-0.1, -0.05) is 23.2 Å². The van der Waals surface area contributed by atoms with Crippen LogP contribution in [0.15, 0.2) is 0 Å². The Morgan fingerprint density at radius 2 is 2.00 bits per heavy atom. The monoisotopic (exact) mass is 178 g/mol. The van der Waals surface area contributed by atoms with Gasteiger partial charge >= 0.3 is 0 Å². The average Bonchev–Trinajstić information content (AvgIpc) is 1.65. The Kier molecular flexibility index (Phi) is 3.70. The molecule has 0 aromatic rings. The summed E-state index contributed by atoms with van der Waals surface area (Å²) < 4.78 is 28.5. The number of rotatable bonds is 3. The molecular formula is C4H6Cl2F2O. The molecule has 0 N–H and O–H groups in total. The maximum Gasteiger partial charge on any atom is 0.300 e. The van der Waals surface area contributed by atoms with Crippen LogP contribution in [-0.2, 0) is 4.74 Å². The van der Waals surface area contributed by atoms with E-state index < -0.39 is 17.4 Å². The fraction of sp³-hybridized carbons (Fsp3) is 1.00. The van der Waals surface area contributed by atoms with Crippen molar-refractivity contribution in [2.45, 2.75) is 10.8 Å². The minimum atomic E-state index is -3.14. The highest BCUT2D eigenvalue weighted by molar-refractivity contribution is 6.45. The fourth-order valence-corrected chi connectivity index (χ4v) is 0.381. The van der Waals surface area contributed by atoms with Crippen LogP contribution in [0.5, 0.6) is 0 Å². The number of hydrogen-bond donors (Lipinski definition) is 0. The van der Waals surface area contributed by atoms with E-state index in [2.05, 4.69) is 4.74 Å². The molecule has 0 heterocycles. The van der Waals surface area contributed by atoms with Gasteiger partial charge in [-0.15, -0.1) is 0 Å². The van der Waals surface area contributed by atoms with Crippen LogP contribution in [0.4, 0.5) is 8.78 Å². The van der Waals surface area contributed by atoms with E-state index >= 15 is 0 Å². The average molecular weight is 179 g/mol. The van der Waals surface area contributed by atoms with E-state index in [0.29, 0.717) is 0 Å². The normalized spacial score (nSPS) is 12.7. The lowest BCUT2D eigenvalue weighted by molar-refractivity contribution is -0.0525. The van der Waals surface area contributed by atoms with Gasteiger partial charge in [0.1, 0.15) is 6.61 Å². The van der Waals surface area contributed by atoms with Gasteiger partial charge in [0.25, 0.3) is 5.92 Å². The van der Waals surface area contributed by atoms with Crippen LogP contribution in [0.3, 0.4) is 0 Å². The standard InChI is InChI=1S/C4H6Cl2F2O/c1-9-2-4(7,8)3(5)6/h3H,2H2,1H3. The molecule has 0 aliphatic rings. The number of methoxy groups -OCH3 is 1. The summed E-state index contributed by atoms with van der Waals surface area (Å²) in [6, 6.07) is 0. The molecule has 0 rings (SSSR count). The Labute approximate surface area is 61.9 Å². The van der Waals surface area contributed by atoms with E-state index in [1.165, 1.54) is 0 Å². The molecule has 1 nitrogen and oxygen atoms in total. The summed E-state index contributed by atoms with van der Waals surface area (Å²) in [7, 11) is 1.16. The van der Waals surface area contributed by atoms with Gasteiger partial charge in [-0.3, -0.25) is 0 Å². The molecule has 56 valence electrons. The lowest BCUT2D eigenvalue weighted by Crippen LogP contribution is -2.30. The second kappa shape index (κ2) is 3.54. The van der Waals surface area contributed by atoms with Gasteiger partial charge in [-0.2, -0.15) is 0 Å². The fourth-order valence-electron chi connectivity index (χ4n) is 0.255. The molecule has 0 spiro atoms. The predicted molar refractivity (Wildman–Crippen MR) is 32.3 cm³/mol. The SMILES string of the molecule is COCC(F)(F)C(Cl)Cl. The van der Waals surface area contributed by atoms with Crippen LogP contribution in [-0.4, -0.2) is 24.5 Å². The van der Waals surface area contributed by atoms with Crippen molar-refractivity contribution < 1.29 is 13.5 Å². The van der Waals surface area contributed by atoms with Crippen molar-refractivity contribution in [2.24, 2.45) is 0 Å². The number of halogens is 4. The summed E-state index contributed by atoms with van der Waals surface area (Å²) in [6.07, 6.45) is 0. The molecule has 0 aliphatic carbocycles. The van der Waals surface area contributed by atoms with E-state index in [1.807, 2.05) is 0 Å². The van der Waals surface area contributed by atoms with Gasteiger partial charge in [0, 0.05) is 7.11 Å². The zero-order valence-corrected chi connectivity index (χ0v) is 6.22. The van der Waals surface area contributed by atoms with Gasteiger partial charge < -0.3 is 4.74 Å². The van der Waals surface area contributed by atoms with Gasteiger partial charge in [0.2, 0.25) is 0 Å². The molecule has 0 amide bonds. The highest BCUT2D eigenvalue weighted by Gasteiger charge is 2.36. The first-order valence-corrected chi connectivity index (χ1v) is 3.03. The van der Waals surface area contributed by atoms with Crippen molar-refractivity contribution in [3.8, 4) is 0 Å². The third-order valence-electron chi connectivity index (χ3n) is 0.656. The summed E-state index contributed by atoms with van der Waals surface area (Å²) in [5.41, 5.74) is 0. The zero-order chi connectivity index (χ0) is 7.49. The smallest absolute Gasteiger partial charge is 0.300 e. The lowest BCUT2D eigenvalue weighted by Gasteiger charge is -2.14. The van der Waals surface area contributed by atoms with E-state index in [4.69, 9.17) is 23.2 Å². The minimum Gasteiger partial charge on any atom is -0.378 e. The Morgan fingerprint density at radius 3 is 2.11 bits per heavy atom. The molecule has 0 aliphatic heterocycles. The van der Waals surface area contributed by atoms with Crippen LogP contribution >= 0.6 is 23.2 Å². The molecule has 0 unspecified atom stereocenters. The van der Waals surface area contributed by atoms with Gasteiger partial charge in [0.05, 0.1) is 0 Å². The quantitative estimate of drug-likeness (QED) is 0.602. The second-order valence-corrected chi connectivity index (χ2v) is 2.59. The Morgan fingerprint density at radius 1 is 1.56 bits per heavy atom. The maximum atomic E-state index is 12.2. The molecule has 9 heavy (non-hydrogen) atoms. The third kappa shape index (κ3) is 3.18. The summed E-state index contributed by atoms with van der Waals surface area (Å²) in [6.45, 7) is -0.745. The molecule has 0 aromatic heterocycles. The summed E-state index contributed by atoms with van der Waals surface area (Å²) >= 11 is 9.77. The van der Waals surface area contributed by atoms with Crippen LogP contribution < -0.4 is 0 Å². The lowest BCUT2D eigenvalue weighted by atomic mass is 10.4. The van der Waals surface area contributed by atoms with Crippen molar-refractivity contribution in [2.75, 3.05) is 13.7 Å². The van der Waals surface area contributed by atoms with Crippen LogP contribution in [0.25, 0.3) is 0 Å². The summed E-state index contributed by atoms with van der Waals surface area (Å²) in [4.78, 5) is -1.70. The van der Waals surface area contributed by atoms with E-state index in [9.17, 15) is 8.78 Å². The highest BCUT2D eigenvalue weighted by Crippen LogP contribution is 2.26. The van der Waals surface area contributed by atoms with Crippen molar-refractivity contribution in [1.82, 2.24) is 0 Å². The summed E-state index contributed by atoms with van der Waals surface area (Å²) in [5, 5.41) is 0. The van der Waals surface area contributed by atoms with Crippen molar-refractivity contribution >= 4 is 23.2 Å². The molecule has 0 fully saturated rings. The van der Waals surface area contributed by atoms with Gasteiger partial charge in [-0.05, 0) is 0 Å². The van der Waals surface area contributed by atoms with E-state index in [-0.39, 0.29) is 0 Å². The first-order chi connectivity index (χ1) is 4.00. The van der Waals surface area contributed by atoms with E-state index in [1.54, 1.807) is 0 Å². The number of hydrogen-bond acceptors (Lipinski definition) is 1. The largest absolute Gasteiger partial charge is 0.378 e. The molecular weight excluding hydrogens is 173 g/mol. The van der Waals surface area contributed by atoms with Crippen molar-refractivity contribution in [3.63, 3.8) is 0 Å². The molecule has 0 radical (unpaired) electrons. The number of ether oxygens (including phenoxy) is 1. The van der Waals surface area contributed by atoms with Gasteiger partial charge in [-0.25, -0.2) is 8.78 Å². The zero-order valence-electron chi connectivity index (χ0n) is 4.70. The summed E-state index contributed by atoms with van der Waals surface area (Å²) in [5.74, 6) is -3.14. The Bertz CT molecular complexity index is 86.6. The molecule has 0 bridgehead atoms. The second-order valence-electron chi connectivity index (χ2n) is 1.49. The van der Waals surface area contributed by atoms with Crippen LogP contribution in [0.2, 0.25) is 0 Å². The molecule has 0 aromatic carbocycles. The van der Waals surface area contributed by atoms with Crippen LogP contribution in [0.1, 0.15) is 0 Å². The third-order valence-corrected chi connectivity index (χ3v) is 1.29. The Hall–Kier alpha value is 0.400. The first kappa shape index (κ1) is 9.40. The molecule has 0 saturated heterocycles. The molecule has 0 saturated carbocycles. The van der Waals surface area contributed by atoms with Crippen molar-refractivity contribution in [3.05, 3.63) is 0 Å². The van der Waals surface area contributed by atoms with Crippen LogP contribution in [0, 0.1) is 0 Å². The topological polar surface area (TPSA) is 9.23 Å².